The maximum absolute atomic E-state index is 13.0. The third-order valence-electron chi connectivity index (χ3n) is 4.14. The summed E-state index contributed by atoms with van der Waals surface area (Å²) < 4.78 is 6.45. The molecule has 146 valence electrons. The Kier molecular flexibility index (Phi) is 6.82. The lowest BCUT2D eigenvalue weighted by molar-refractivity contribution is 0.0522. The van der Waals surface area contributed by atoms with Crippen molar-refractivity contribution in [3.05, 3.63) is 93.4 Å². The normalized spacial score (nSPS) is 10.3. The molecule has 0 fully saturated rings. The highest BCUT2D eigenvalue weighted by atomic mass is 32.2. The molecule has 7 heteroatoms. The van der Waals surface area contributed by atoms with Gasteiger partial charge in [0.1, 0.15) is 5.56 Å². The SMILES string of the molecule is CCOC(=O)c1cnc(SCc2ccccc2)n(Cc2ccc(C#N)cc2)c1=O. The van der Waals surface area contributed by atoms with E-state index in [4.69, 9.17) is 10.00 Å². The summed E-state index contributed by atoms with van der Waals surface area (Å²) in [6.45, 7) is 2.10. The fraction of sp³-hybridized carbons (Fsp3) is 0.182. The van der Waals surface area contributed by atoms with Crippen LogP contribution in [-0.2, 0) is 17.0 Å². The van der Waals surface area contributed by atoms with Gasteiger partial charge in [-0.05, 0) is 30.2 Å². The van der Waals surface area contributed by atoms with Crippen molar-refractivity contribution in [1.82, 2.24) is 9.55 Å². The second-order valence-corrected chi connectivity index (χ2v) is 7.09. The third-order valence-corrected chi connectivity index (χ3v) is 5.20. The Morgan fingerprint density at radius 1 is 1.14 bits per heavy atom. The molecule has 3 rings (SSSR count). The highest BCUT2D eigenvalue weighted by Gasteiger charge is 2.18. The first-order valence-electron chi connectivity index (χ1n) is 9.05. The number of esters is 1. The number of aromatic nitrogens is 2. The van der Waals surface area contributed by atoms with Crippen LogP contribution in [0.4, 0.5) is 0 Å². The summed E-state index contributed by atoms with van der Waals surface area (Å²) in [6.07, 6.45) is 1.28. The van der Waals surface area contributed by atoms with Crippen LogP contribution in [0.1, 0.15) is 34.0 Å². The Labute approximate surface area is 172 Å². The number of thioether (sulfide) groups is 1. The Morgan fingerprint density at radius 3 is 2.52 bits per heavy atom. The van der Waals surface area contributed by atoms with E-state index in [0.29, 0.717) is 16.5 Å². The fourth-order valence-electron chi connectivity index (χ4n) is 2.67. The summed E-state index contributed by atoms with van der Waals surface area (Å²) in [6, 6.07) is 18.9. The van der Waals surface area contributed by atoms with Crippen LogP contribution in [0.5, 0.6) is 0 Å². The van der Waals surface area contributed by atoms with E-state index in [1.807, 2.05) is 30.3 Å². The molecule has 0 radical (unpaired) electrons. The zero-order valence-electron chi connectivity index (χ0n) is 15.9. The monoisotopic (exact) mass is 405 g/mol. The Morgan fingerprint density at radius 2 is 1.86 bits per heavy atom. The Hall–Kier alpha value is -3.37. The maximum atomic E-state index is 13.0. The molecule has 0 aliphatic heterocycles. The standard InChI is InChI=1S/C22H19N3O3S/c1-2-28-21(27)19-13-24-22(29-15-18-6-4-3-5-7-18)25(20(19)26)14-17-10-8-16(12-23)9-11-17/h3-11,13H,2,14-15H2,1H3. The fourth-order valence-corrected chi connectivity index (χ4v) is 3.59. The average Bonchev–Trinajstić information content (AvgIpc) is 2.75. The summed E-state index contributed by atoms with van der Waals surface area (Å²) in [4.78, 5) is 29.5. The lowest BCUT2D eigenvalue weighted by Crippen LogP contribution is -2.30. The molecule has 0 saturated heterocycles. The molecule has 0 N–H and O–H groups in total. The van der Waals surface area contributed by atoms with Crippen molar-refractivity contribution in [2.45, 2.75) is 24.4 Å². The molecule has 6 nitrogen and oxygen atoms in total. The van der Waals surface area contributed by atoms with Crippen molar-refractivity contribution in [2.24, 2.45) is 0 Å². The van der Waals surface area contributed by atoms with Gasteiger partial charge in [0.2, 0.25) is 0 Å². The quantitative estimate of drug-likeness (QED) is 0.339. The van der Waals surface area contributed by atoms with Gasteiger partial charge < -0.3 is 4.74 Å². The number of hydrogen-bond donors (Lipinski definition) is 0. The second-order valence-electron chi connectivity index (χ2n) is 6.15. The number of nitriles is 1. The summed E-state index contributed by atoms with van der Waals surface area (Å²) in [5, 5.41) is 9.47. The van der Waals surface area contributed by atoms with Crippen LogP contribution in [0, 0.1) is 11.3 Å². The van der Waals surface area contributed by atoms with Gasteiger partial charge in [-0.2, -0.15) is 5.26 Å². The first-order valence-corrected chi connectivity index (χ1v) is 10.0. The van der Waals surface area contributed by atoms with E-state index in [1.165, 1.54) is 22.5 Å². The van der Waals surface area contributed by atoms with E-state index in [1.54, 1.807) is 31.2 Å². The van der Waals surface area contributed by atoms with Crippen LogP contribution in [-0.4, -0.2) is 22.1 Å². The second kappa shape index (κ2) is 9.71. The summed E-state index contributed by atoms with van der Waals surface area (Å²) in [7, 11) is 0. The largest absolute Gasteiger partial charge is 0.462 e. The molecule has 0 aliphatic rings. The molecule has 0 aliphatic carbocycles. The predicted molar refractivity (Wildman–Crippen MR) is 111 cm³/mol. The van der Waals surface area contributed by atoms with Crippen LogP contribution in [0.25, 0.3) is 0 Å². The van der Waals surface area contributed by atoms with Gasteiger partial charge in [-0.15, -0.1) is 0 Å². The number of ether oxygens (including phenoxy) is 1. The number of hydrogen-bond acceptors (Lipinski definition) is 6. The minimum atomic E-state index is -0.682. The van der Waals surface area contributed by atoms with Gasteiger partial charge in [0, 0.05) is 5.75 Å². The lowest BCUT2D eigenvalue weighted by atomic mass is 10.1. The summed E-state index contributed by atoms with van der Waals surface area (Å²) in [5.74, 6) is -0.0439. The van der Waals surface area contributed by atoms with Gasteiger partial charge in [0.25, 0.3) is 5.56 Å². The first-order chi connectivity index (χ1) is 14.1. The molecule has 0 saturated carbocycles. The van der Waals surface area contributed by atoms with Gasteiger partial charge in [-0.1, -0.05) is 54.2 Å². The van der Waals surface area contributed by atoms with Gasteiger partial charge >= 0.3 is 5.97 Å². The van der Waals surface area contributed by atoms with Crippen LogP contribution >= 0.6 is 11.8 Å². The van der Waals surface area contributed by atoms with E-state index >= 15 is 0 Å². The number of rotatable bonds is 7. The minimum absolute atomic E-state index is 0.0930. The van der Waals surface area contributed by atoms with E-state index in [0.717, 1.165) is 11.1 Å². The molecule has 0 bridgehead atoms. The molecular weight excluding hydrogens is 386 g/mol. The average molecular weight is 405 g/mol. The van der Waals surface area contributed by atoms with E-state index in [2.05, 4.69) is 11.1 Å². The van der Waals surface area contributed by atoms with Crippen molar-refractivity contribution in [2.75, 3.05) is 6.61 Å². The predicted octanol–water partition coefficient (Wildman–Crippen LogP) is 3.63. The Balaban J connectivity index is 1.95. The van der Waals surface area contributed by atoms with Crippen molar-refractivity contribution >= 4 is 17.7 Å². The minimum Gasteiger partial charge on any atom is -0.462 e. The molecule has 1 heterocycles. The van der Waals surface area contributed by atoms with Crippen LogP contribution < -0.4 is 5.56 Å². The van der Waals surface area contributed by atoms with E-state index in [9.17, 15) is 9.59 Å². The molecule has 0 atom stereocenters. The maximum Gasteiger partial charge on any atom is 0.345 e. The molecule has 1 aromatic heterocycles. The van der Waals surface area contributed by atoms with E-state index < -0.39 is 11.5 Å². The van der Waals surface area contributed by atoms with Crippen molar-refractivity contribution in [3.8, 4) is 6.07 Å². The molecular formula is C22H19N3O3S. The topological polar surface area (TPSA) is 85.0 Å². The van der Waals surface area contributed by atoms with Crippen LogP contribution in [0.2, 0.25) is 0 Å². The number of carbonyl (C=O) groups is 1. The molecule has 0 unspecified atom stereocenters. The van der Waals surface area contributed by atoms with Crippen LogP contribution in [0.3, 0.4) is 0 Å². The smallest absolute Gasteiger partial charge is 0.345 e. The zero-order valence-corrected chi connectivity index (χ0v) is 16.7. The number of benzene rings is 2. The summed E-state index contributed by atoms with van der Waals surface area (Å²) in [5.41, 5.74) is 1.93. The molecule has 0 spiro atoms. The van der Waals surface area contributed by atoms with Gasteiger partial charge in [0.05, 0.1) is 31.0 Å². The zero-order chi connectivity index (χ0) is 20.6. The number of carbonyl (C=O) groups excluding carboxylic acids is 1. The van der Waals surface area contributed by atoms with Gasteiger partial charge in [-0.25, -0.2) is 9.78 Å². The number of nitrogens with zero attached hydrogens (tertiary/aromatic N) is 3. The lowest BCUT2D eigenvalue weighted by Gasteiger charge is -2.13. The van der Waals surface area contributed by atoms with Crippen molar-refractivity contribution in [1.29, 1.82) is 5.26 Å². The third kappa shape index (κ3) is 5.12. The van der Waals surface area contributed by atoms with Gasteiger partial charge in [-0.3, -0.25) is 9.36 Å². The molecule has 29 heavy (non-hydrogen) atoms. The molecule has 2 aromatic carbocycles. The van der Waals surface area contributed by atoms with Crippen molar-refractivity contribution < 1.29 is 9.53 Å². The Bertz CT molecular complexity index is 1090. The highest BCUT2D eigenvalue weighted by molar-refractivity contribution is 7.98. The summed E-state index contributed by atoms with van der Waals surface area (Å²) >= 11 is 1.42. The molecule has 3 aromatic rings. The van der Waals surface area contributed by atoms with Crippen LogP contribution in [0.15, 0.2) is 70.7 Å². The van der Waals surface area contributed by atoms with Gasteiger partial charge in [0.15, 0.2) is 5.16 Å². The van der Waals surface area contributed by atoms with Crippen molar-refractivity contribution in [3.63, 3.8) is 0 Å². The molecule has 0 amide bonds. The first kappa shape index (κ1) is 20.4. The highest BCUT2D eigenvalue weighted by Crippen LogP contribution is 2.21. The van der Waals surface area contributed by atoms with E-state index in [-0.39, 0.29) is 18.7 Å².